The summed E-state index contributed by atoms with van der Waals surface area (Å²) in [5.41, 5.74) is 2.96. The number of halogens is 1. The number of carbonyl (C=O) groups excluding carboxylic acids is 1. The van der Waals surface area contributed by atoms with Crippen molar-refractivity contribution < 1.29 is 14.3 Å². The Morgan fingerprint density at radius 3 is 2.74 bits per heavy atom. The minimum Gasteiger partial charge on any atom is -0.493 e. The highest BCUT2D eigenvalue weighted by molar-refractivity contribution is 9.10. The molecule has 0 saturated heterocycles. The van der Waals surface area contributed by atoms with Gasteiger partial charge in [0.2, 0.25) is 5.91 Å². The van der Waals surface area contributed by atoms with Gasteiger partial charge in [-0.1, -0.05) is 22.0 Å². The zero-order chi connectivity index (χ0) is 16.4. The van der Waals surface area contributed by atoms with Crippen LogP contribution in [-0.2, 0) is 11.2 Å². The molecule has 3 rings (SSSR count). The van der Waals surface area contributed by atoms with Gasteiger partial charge in [0, 0.05) is 10.2 Å². The van der Waals surface area contributed by atoms with E-state index in [1.165, 1.54) is 0 Å². The first-order valence-corrected chi connectivity index (χ1v) is 8.31. The van der Waals surface area contributed by atoms with Crippen LogP contribution < -0.4 is 14.8 Å². The maximum absolute atomic E-state index is 12.3. The maximum Gasteiger partial charge on any atom is 0.232 e. The molecule has 0 fully saturated rings. The predicted octanol–water partition coefficient (Wildman–Crippen LogP) is 4.13. The average molecular weight is 376 g/mol. The monoisotopic (exact) mass is 375 g/mol. The summed E-state index contributed by atoms with van der Waals surface area (Å²) in [5.74, 6) is 1.26. The second kappa shape index (κ2) is 6.62. The topological polar surface area (TPSA) is 47.6 Å². The van der Waals surface area contributed by atoms with Crippen LogP contribution in [-0.4, -0.2) is 19.6 Å². The summed E-state index contributed by atoms with van der Waals surface area (Å²) in [6.45, 7) is 2.52. The third-order valence-electron chi connectivity index (χ3n) is 3.93. The van der Waals surface area contributed by atoms with E-state index in [2.05, 4.69) is 21.2 Å². The van der Waals surface area contributed by atoms with Crippen LogP contribution in [0.15, 0.2) is 40.9 Å². The SMILES string of the molecule is CCOc1ccc(C[C@@H]2C(=O)Nc3ccc(Br)cc32)cc1OC. The van der Waals surface area contributed by atoms with Crippen molar-refractivity contribution in [1.29, 1.82) is 0 Å². The molecule has 1 N–H and O–H groups in total. The quantitative estimate of drug-likeness (QED) is 0.854. The molecule has 0 unspecified atom stereocenters. The summed E-state index contributed by atoms with van der Waals surface area (Å²) in [7, 11) is 1.62. The molecule has 0 aliphatic carbocycles. The van der Waals surface area contributed by atoms with Crippen LogP contribution in [0.2, 0.25) is 0 Å². The van der Waals surface area contributed by atoms with Crippen LogP contribution in [0.4, 0.5) is 5.69 Å². The molecule has 1 amide bonds. The molecule has 1 aliphatic heterocycles. The maximum atomic E-state index is 12.3. The molecule has 1 heterocycles. The largest absolute Gasteiger partial charge is 0.493 e. The fourth-order valence-electron chi connectivity index (χ4n) is 2.85. The first-order valence-electron chi connectivity index (χ1n) is 7.52. The molecule has 0 spiro atoms. The molecule has 0 bridgehead atoms. The molecule has 1 atom stereocenters. The van der Waals surface area contributed by atoms with Gasteiger partial charge in [-0.05, 0) is 54.8 Å². The van der Waals surface area contributed by atoms with Crippen molar-refractivity contribution in [2.24, 2.45) is 0 Å². The average Bonchev–Trinajstić information content (AvgIpc) is 2.84. The van der Waals surface area contributed by atoms with Crippen LogP contribution >= 0.6 is 15.9 Å². The standard InChI is InChI=1S/C18H18BrNO3/c1-3-23-16-7-4-11(9-17(16)22-2)8-14-13-10-12(19)5-6-15(13)20-18(14)21/h4-7,9-10,14H,3,8H2,1-2H3,(H,20,21)/t14-/m0/s1. The number of benzene rings is 2. The van der Waals surface area contributed by atoms with Gasteiger partial charge in [0.15, 0.2) is 11.5 Å². The smallest absolute Gasteiger partial charge is 0.232 e. The Labute approximate surface area is 143 Å². The first kappa shape index (κ1) is 15.9. The number of methoxy groups -OCH3 is 1. The van der Waals surface area contributed by atoms with Gasteiger partial charge in [0.05, 0.1) is 19.6 Å². The Morgan fingerprint density at radius 1 is 1.17 bits per heavy atom. The Kier molecular flexibility index (Phi) is 4.57. The first-order chi connectivity index (χ1) is 11.1. The molecule has 5 heteroatoms. The Morgan fingerprint density at radius 2 is 2.00 bits per heavy atom. The molecule has 2 aromatic rings. The van der Waals surface area contributed by atoms with E-state index in [4.69, 9.17) is 9.47 Å². The number of anilines is 1. The lowest BCUT2D eigenvalue weighted by molar-refractivity contribution is -0.117. The van der Waals surface area contributed by atoms with Gasteiger partial charge >= 0.3 is 0 Å². The lowest BCUT2D eigenvalue weighted by Crippen LogP contribution is -2.14. The predicted molar refractivity (Wildman–Crippen MR) is 93.4 cm³/mol. The van der Waals surface area contributed by atoms with Crippen LogP contribution in [0.1, 0.15) is 24.0 Å². The Bertz CT molecular complexity index is 745. The fourth-order valence-corrected chi connectivity index (χ4v) is 3.23. The van der Waals surface area contributed by atoms with Gasteiger partial charge in [-0.3, -0.25) is 4.79 Å². The summed E-state index contributed by atoms with van der Waals surface area (Å²) in [6, 6.07) is 11.7. The lowest BCUT2D eigenvalue weighted by Gasteiger charge is -2.13. The van der Waals surface area contributed by atoms with Gasteiger partial charge in [0.1, 0.15) is 0 Å². The highest BCUT2D eigenvalue weighted by Crippen LogP contribution is 2.37. The van der Waals surface area contributed by atoms with E-state index < -0.39 is 0 Å². The van der Waals surface area contributed by atoms with Crippen molar-refractivity contribution in [1.82, 2.24) is 0 Å². The van der Waals surface area contributed by atoms with Crippen LogP contribution in [0.3, 0.4) is 0 Å². The second-order valence-electron chi connectivity index (χ2n) is 5.40. The number of hydrogen-bond donors (Lipinski definition) is 1. The number of rotatable bonds is 5. The van der Waals surface area contributed by atoms with E-state index in [9.17, 15) is 4.79 Å². The fraction of sp³-hybridized carbons (Fsp3) is 0.278. The van der Waals surface area contributed by atoms with E-state index in [1.807, 2.05) is 43.3 Å². The zero-order valence-corrected chi connectivity index (χ0v) is 14.6. The molecular weight excluding hydrogens is 358 g/mol. The molecule has 2 aromatic carbocycles. The molecule has 0 aromatic heterocycles. The number of nitrogens with one attached hydrogen (secondary N) is 1. The van der Waals surface area contributed by atoms with E-state index in [-0.39, 0.29) is 11.8 Å². The molecule has 120 valence electrons. The van der Waals surface area contributed by atoms with Crippen molar-refractivity contribution in [2.45, 2.75) is 19.3 Å². The summed E-state index contributed by atoms with van der Waals surface area (Å²) in [6.07, 6.45) is 0.623. The molecule has 4 nitrogen and oxygen atoms in total. The van der Waals surface area contributed by atoms with Gasteiger partial charge in [-0.25, -0.2) is 0 Å². The number of carbonyl (C=O) groups is 1. The third-order valence-corrected chi connectivity index (χ3v) is 4.42. The van der Waals surface area contributed by atoms with Crippen molar-refractivity contribution in [2.75, 3.05) is 19.0 Å². The van der Waals surface area contributed by atoms with Gasteiger partial charge in [-0.15, -0.1) is 0 Å². The van der Waals surface area contributed by atoms with Crippen LogP contribution in [0, 0.1) is 0 Å². The minimum absolute atomic E-state index is 0.0333. The van der Waals surface area contributed by atoms with E-state index in [1.54, 1.807) is 7.11 Å². The Balaban J connectivity index is 1.88. The summed E-state index contributed by atoms with van der Waals surface area (Å²) in [4.78, 5) is 12.3. The summed E-state index contributed by atoms with van der Waals surface area (Å²) >= 11 is 3.47. The van der Waals surface area contributed by atoms with Gasteiger partial charge in [-0.2, -0.15) is 0 Å². The van der Waals surface area contributed by atoms with Crippen LogP contribution in [0.25, 0.3) is 0 Å². The normalized spacial score (nSPS) is 16.0. The second-order valence-corrected chi connectivity index (χ2v) is 6.31. The van der Waals surface area contributed by atoms with Crippen molar-refractivity contribution in [3.8, 4) is 11.5 Å². The number of amides is 1. The highest BCUT2D eigenvalue weighted by Gasteiger charge is 2.30. The van der Waals surface area contributed by atoms with E-state index in [0.717, 1.165) is 27.0 Å². The minimum atomic E-state index is -0.190. The van der Waals surface area contributed by atoms with Gasteiger partial charge < -0.3 is 14.8 Å². The molecule has 1 aliphatic rings. The number of ether oxygens (including phenoxy) is 2. The summed E-state index contributed by atoms with van der Waals surface area (Å²) < 4.78 is 11.9. The van der Waals surface area contributed by atoms with Crippen molar-refractivity contribution in [3.05, 3.63) is 52.0 Å². The molecule has 0 radical (unpaired) electrons. The lowest BCUT2D eigenvalue weighted by atomic mass is 9.93. The highest BCUT2D eigenvalue weighted by atomic mass is 79.9. The van der Waals surface area contributed by atoms with Gasteiger partial charge in [0.25, 0.3) is 0 Å². The third kappa shape index (κ3) is 3.20. The Hall–Kier alpha value is -2.01. The van der Waals surface area contributed by atoms with Crippen molar-refractivity contribution in [3.63, 3.8) is 0 Å². The number of fused-ring (bicyclic) bond motifs is 1. The summed E-state index contributed by atoms with van der Waals surface area (Å²) in [5, 5.41) is 2.94. The molecule has 23 heavy (non-hydrogen) atoms. The van der Waals surface area contributed by atoms with Crippen molar-refractivity contribution >= 4 is 27.5 Å². The zero-order valence-electron chi connectivity index (χ0n) is 13.1. The number of hydrogen-bond acceptors (Lipinski definition) is 3. The van der Waals surface area contributed by atoms with E-state index in [0.29, 0.717) is 18.8 Å². The van der Waals surface area contributed by atoms with Crippen LogP contribution in [0.5, 0.6) is 11.5 Å². The molecular formula is C18H18BrNO3. The van der Waals surface area contributed by atoms with E-state index >= 15 is 0 Å². The molecule has 0 saturated carbocycles.